The Morgan fingerprint density at radius 1 is 1.24 bits per heavy atom. The van der Waals surface area contributed by atoms with Crippen LogP contribution < -0.4 is 4.90 Å². The highest BCUT2D eigenvalue weighted by molar-refractivity contribution is 5.67. The summed E-state index contributed by atoms with van der Waals surface area (Å²) in [4.78, 5) is 12.8. The second-order valence-electron chi connectivity index (χ2n) is 4.40. The summed E-state index contributed by atoms with van der Waals surface area (Å²) in [5.41, 5.74) is 1.81. The number of aliphatic hydroxyl groups is 1. The van der Waals surface area contributed by atoms with E-state index in [-0.39, 0.29) is 6.42 Å². The summed E-state index contributed by atoms with van der Waals surface area (Å²) in [6.07, 6.45) is 1.29. The van der Waals surface area contributed by atoms with E-state index in [1.165, 1.54) is 12.8 Å². The van der Waals surface area contributed by atoms with E-state index in [0.29, 0.717) is 5.56 Å². The first-order valence-electron chi connectivity index (χ1n) is 5.91. The number of carbonyl (C=O) groups is 1. The maximum Gasteiger partial charge on any atom is 0.306 e. The molecule has 0 radical (unpaired) electrons. The monoisotopic (exact) mass is 235 g/mol. The van der Waals surface area contributed by atoms with Crippen LogP contribution in [0.5, 0.6) is 0 Å². The topological polar surface area (TPSA) is 60.8 Å². The van der Waals surface area contributed by atoms with E-state index >= 15 is 0 Å². The van der Waals surface area contributed by atoms with E-state index in [1.807, 2.05) is 12.1 Å². The van der Waals surface area contributed by atoms with E-state index in [9.17, 15) is 9.90 Å². The number of aliphatic carboxylic acids is 1. The second-order valence-corrected chi connectivity index (χ2v) is 4.40. The number of nitrogens with zero attached hydrogens (tertiary/aromatic N) is 1. The number of aliphatic hydroxyl groups excluding tert-OH is 1. The molecular weight excluding hydrogens is 218 g/mol. The molecule has 1 aromatic carbocycles. The summed E-state index contributed by atoms with van der Waals surface area (Å²) in [6.45, 7) is 2.16. The van der Waals surface area contributed by atoms with Gasteiger partial charge in [0.25, 0.3) is 0 Å². The van der Waals surface area contributed by atoms with Crippen molar-refractivity contribution in [1.82, 2.24) is 0 Å². The summed E-state index contributed by atoms with van der Waals surface area (Å²) < 4.78 is 0. The Morgan fingerprint density at radius 2 is 1.82 bits per heavy atom. The van der Waals surface area contributed by atoms with Gasteiger partial charge in [-0.1, -0.05) is 12.1 Å². The van der Waals surface area contributed by atoms with E-state index in [4.69, 9.17) is 5.11 Å². The fraction of sp³-hybridized carbons (Fsp3) is 0.462. The van der Waals surface area contributed by atoms with Gasteiger partial charge in [-0.3, -0.25) is 4.79 Å². The lowest BCUT2D eigenvalue weighted by atomic mass is 10.1. The average Bonchev–Trinajstić information content (AvgIpc) is 2.82. The van der Waals surface area contributed by atoms with E-state index in [1.54, 1.807) is 12.1 Å². The molecule has 1 heterocycles. The number of benzene rings is 1. The van der Waals surface area contributed by atoms with Gasteiger partial charge in [-0.25, -0.2) is 0 Å². The third-order valence-electron chi connectivity index (χ3n) is 3.12. The Bertz CT molecular complexity index is 382. The minimum atomic E-state index is -0.985. The van der Waals surface area contributed by atoms with Gasteiger partial charge in [0.15, 0.2) is 0 Å². The smallest absolute Gasteiger partial charge is 0.306 e. The number of hydrogen-bond donors (Lipinski definition) is 2. The zero-order chi connectivity index (χ0) is 12.3. The average molecular weight is 235 g/mol. The van der Waals surface area contributed by atoms with Crippen molar-refractivity contribution < 1.29 is 15.0 Å². The molecule has 4 heteroatoms. The Labute approximate surface area is 100 Å². The first kappa shape index (κ1) is 11.9. The molecule has 0 spiro atoms. The third kappa shape index (κ3) is 2.97. The first-order valence-corrected chi connectivity index (χ1v) is 5.91. The van der Waals surface area contributed by atoms with Gasteiger partial charge in [-0.05, 0) is 30.5 Å². The molecule has 0 bridgehead atoms. The van der Waals surface area contributed by atoms with Gasteiger partial charge in [-0.2, -0.15) is 0 Å². The van der Waals surface area contributed by atoms with Gasteiger partial charge in [0.2, 0.25) is 0 Å². The number of rotatable bonds is 4. The van der Waals surface area contributed by atoms with Gasteiger partial charge in [0, 0.05) is 18.8 Å². The van der Waals surface area contributed by atoms with Crippen molar-refractivity contribution in [3.63, 3.8) is 0 Å². The Kier molecular flexibility index (Phi) is 3.64. The van der Waals surface area contributed by atoms with Crippen molar-refractivity contribution in [3.8, 4) is 0 Å². The van der Waals surface area contributed by atoms with Crippen LogP contribution in [0.3, 0.4) is 0 Å². The maximum atomic E-state index is 10.5. The molecule has 0 aliphatic carbocycles. The highest BCUT2D eigenvalue weighted by atomic mass is 16.4. The van der Waals surface area contributed by atoms with Crippen LogP contribution in [-0.2, 0) is 4.79 Å². The molecule has 17 heavy (non-hydrogen) atoms. The minimum absolute atomic E-state index is 0.247. The highest BCUT2D eigenvalue weighted by Crippen LogP contribution is 2.23. The van der Waals surface area contributed by atoms with Gasteiger partial charge >= 0.3 is 5.97 Å². The van der Waals surface area contributed by atoms with E-state index < -0.39 is 12.1 Å². The van der Waals surface area contributed by atoms with E-state index in [0.717, 1.165) is 18.8 Å². The van der Waals surface area contributed by atoms with Crippen molar-refractivity contribution in [2.75, 3.05) is 18.0 Å². The summed E-state index contributed by atoms with van der Waals surface area (Å²) >= 11 is 0. The molecule has 4 nitrogen and oxygen atoms in total. The molecule has 1 aromatic rings. The number of anilines is 1. The molecule has 0 aromatic heterocycles. The van der Waals surface area contributed by atoms with Gasteiger partial charge in [0.1, 0.15) is 0 Å². The van der Waals surface area contributed by atoms with Crippen LogP contribution in [0.2, 0.25) is 0 Å². The molecule has 1 aliphatic rings. The van der Waals surface area contributed by atoms with Gasteiger partial charge < -0.3 is 15.1 Å². The first-order chi connectivity index (χ1) is 8.16. The lowest BCUT2D eigenvalue weighted by molar-refractivity contribution is -0.139. The van der Waals surface area contributed by atoms with Gasteiger partial charge in [0.05, 0.1) is 12.5 Å². The predicted octanol–water partition coefficient (Wildman–Crippen LogP) is 1.79. The summed E-state index contributed by atoms with van der Waals surface area (Å²) in [5.74, 6) is -0.985. The summed E-state index contributed by atoms with van der Waals surface area (Å²) in [7, 11) is 0. The number of hydrogen-bond acceptors (Lipinski definition) is 3. The Hall–Kier alpha value is -1.55. The molecule has 0 saturated carbocycles. The number of carboxylic acids is 1. The highest BCUT2D eigenvalue weighted by Gasteiger charge is 2.14. The van der Waals surface area contributed by atoms with Crippen LogP contribution in [-0.4, -0.2) is 29.3 Å². The zero-order valence-corrected chi connectivity index (χ0v) is 9.67. The zero-order valence-electron chi connectivity index (χ0n) is 9.67. The molecule has 0 unspecified atom stereocenters. The maximum absolute atomic E-state index is 10.5. The van der Waals surface area contributed by atoms with E-state index in [2.05, 4.69) is 4.90 Å². The quantitative estimate of drug-likeness (QED) is 0.835. The lowest BCUT2D eigenvalue weighted by Gasteiger charge is -2.18. The standard InChI is InChI=1S/C13H17NO3/c15-12(9-13(16)17)10-3-5-11(6-4-10)14-7-1-2-8-14/h3-6,12,15H,1-2,7-9H2,(H,16,17)/t12-/m0/s1. The SMILES string of the molecule is O=C(O)C[C@H](O)c1ccc(N2CCCC2)cc1. The fourth-order valence-corrected chi connectivity index (χ4v) is 2.17. The van der Waals surface area contributed by atoms with Crippen molar-refractivity contribution >= 4 is 11.7 Å². The minimum Gasteiger partial charge on any atom is -0.481 e. The third-order valence-corrected chi connectivity index (χ3v) is 3.12. The van der Waals surface area contributed by atoms with Crippen molar-refractivity contribution in [1.29, 1.82) is 0 Å². The van der Waals surface area contributed by atoms with Crippen molar-refractivity contribution in [2.24, 2.45) is 0 Å². The lowest BCUT2D eigenvalue weighted by Crippen LogP contribution is -2.17. The van der Waals surface area contributed by atoms with Crippen LogP contribution in [0.4, 0.5) is 5.69 Å². The van der Waals surface area contributed by atoms with Crippen LogP contribution in [0, 0.1) is 0 Å². The Morgan fingerprint density at radius 3 is 2.35 bits per heavy atom. The molecule has 1 fully saturated rings. The molecular formula is C13H17NO3. The van der Waals surface area contributed by atoms with Crippen molar-refractivity contribution in [3.05, 3.63) is 29.8 Å². The molecule has 0 amide bonds. The fourth-order valence-electron chi connectivity index (χ4n) is 2.17. The predicted molar refractivity (Wildman–Crippen MR) is 65.1 cm³/mol. The molecule has 1 saturated heterocycles. The van der Waals surface area contributed by atoms with Gasteiger partial charge in [-0.15, -0.1) is 0 Å². The van der Waals surface area contributed by atoms with Crippen molar-refractivity contribution in [2.45, 2.75) is 25.4 Å². The molecule has 1 aliphatic heterocycles. The normalized spacial score (nSPS) is 17.1. The summed E-state index contributed by atoms with van der Waals surface area (Å²) in [6, 6.07) is 7.51. The van der Waals surface area contributed by atoms with Crippen LogP contribution in [0.1, 0.15) is 30.9 Å². The molecule has 2 N–H and O–H groups in total. The molecule has 92 valence electrons. The number of carboxylic acid groups (broad SMARTS) is 1. The second kappa shape index (κ2) is 5.19. The Balaban J connectivity index is 2.04. The van der Waals surface area contributed by atoms with Crippen LogP contribution in [0.25, 0.3) is 0 Å². The summed E-state index contributed by atoms with van der Waals surface area (Å²) in [5, 5.41) is 18.3. The van der Waals surface area contributed by atoms with Crippen LogP contribution in [0.15, 0.2) is 24.3 Å². The largest absolute Gasteiger partial charge is 0.481 e. The van der Waals surface area contributed by atoms with Crippen LogP contribution >= 0.6 is 0 Å². The molecule has 2 rings (SSSR count). The molecule has 1 atom stereocenters.